The molecule has 1 saturated carbocycles. The van der Waals surface area contributed by atoms with E-state index in [0.29, 0.717) is 18.8 Å². The zero-order chi connectivity index (χ0) is 15.5. The molecule has 5 nitrogen and oxygen atoms in total. The lowest BCUT2D eigenvalue weighted by atomic mass is 9.75. The Balaban J connectivity index is 2.14. The first-order chi connectivity index (χ1) is 9.97. The van der Waals surface area contributed by atoms with Crippen molar-refractivity contribution < 1.29 is 19.1 Å². The van der Waals surface area contributed by atoms with Gasteiger partial charge in [-0.25, -0.2) is 9.78 Å². The first-order valence-electron chi connectivity index (χ1n) is 7.15. The van der Waals surface area contributed by atoms with E-state index in [1.165, 1.54) is 12.1 Å². The molecule has 0 radical (unpaired) electrons. The van der Waals surface area contributed by atoms with Gasteiger partial charge < -0.3 is 10.4 Å². The summed E-state index contributed by atoms with van der Waals surface area (Å²) in [4.78, 5) is 27.2. The fourth-order valence-corrected chi connectivity index (χ4v) is 2.79. The van der Waals surface area contributed by atoms with Gasteiger partial charge in [0.1, 0.15) is 11.2 Å². The number of carbonyl (C=O) groups is 2. The SMILES string of the molecule is CCC1CCC(NC(=O)c2cccc(F)n2)(C(=O)O)CC1. The minimum atomic E-state index is -1.27. The molecule has 1 aliphatic rings. The molecule has 6 heteroatoms. The molecule has 114 valence electrons. The molecule has 1 aromatic rings. The molecule has 0 aromatic carbocycles. The van der Waals surface area contributed by atoms with Gasteiger partial charge >= 0.3 is 5.97 Å². The quantitative estimate of drug-likeness (QED) is 0.836. The van der Waals surface area contributed by atoms with Crippen molar-refractivity contribution in [2.24, 2.45) is 5.92 Å². The average Bonchev–Trinajstić information content (AvgIpc) is 2.47. The van der Waals surface area contributed by atoms with Crippen molar-refractivity contribution in [3.05, 3.63) is 29.8 Å². The zero-order valence-electron chi connectivity index (χ0n) is 11.9. The van der Waals surface area contributed by atoms with E-state index in [1.807, 2.05) is 0 Å². The van der Waals surface area contributed by atoms with E-state index in [0.717, 1.165) is 25.3 Å². The zero-order valence-corrected chi connectivity index (χ0v) is 11.9. The highest BCUT2D eigenvalue weighted by atomic mass is 19.1. The first-order valence-corrected chi connectivity index (χ1v) is 7.15. The lowest BCUT2D eigenvalue weighted by Gasteiger charge is -2.37. The van der Waals surface area contributed by atoms with Crippen molar-refractivity contribution in [2.45, 2.75) is 44.6 Å². The number of amides is 1. The molecule has 0 aliphatic heterocycles. The maximum atomic E-state index is 13.0. The molecule has 1 heterocycles. The van der Waals surface area contributed by atoms with Gasteiger partial charge in [-0.15, -0.1) is 0 Å². The molecular formula is C15H19FN2O3. The monoisotopic (exact) mass is 294 g/mol. The molecule has 1 fully saturated rings. The van der Waals surface area contributed by atoms with Gasteiger partial charge in [0.05, 0.1) is 0 Å². The number of halogens is 1. The van der Waals surface area contributed by atoms with Crippen molar-refractivity contribution >= 4 is 11.9 Å². The van der Waals surface area contributed by atoms with Crippen LogP contribution in [0.5, 0.6) is 0 Å². The van der Waals surface area contributed by atoms with E-state index in [9.17, 15) is 19.1 Å². The number of hydrogen-bond donors (Lipinski definition) is 2. The van der Waals surface area contributed by atoms with Crippen molar-refractivity contribution in [3.8, 4) is 0 Å². The van der Waals surface area contributed by atoms with Gasteiger partial charge in [-0.3, -0.25) is 4.79 Å². The number of carboxylic acids is 1. The van der Waals surface area contributed by atoms with Gasteiger partial charge in [0.25, 0.3) is 5.91 Å². The lowest BCUT2D eigenvalue weighted by Crippen LogP contribution is -2.56. The summed E-state index contributed by atoms with van der Waals surface area (Å²) in [5.41, 5.74) is -1.37. The minimum absolute atomic E-state index is 0.103. The smallest absolute Gasteiger partial charge is 0.329 e. The number of aliphatic carboxylic acids is 1. The second kappa shape index (κ2) is 6.20. The molecule has 0 atom stereocenters. The fourth-order valence-electron chi connectivity index (χ4n) is 2.79. The Bertz CT molecular complexity index is 539. The van der Waals surface area contributed by atoms with Crippen molar-refractivity contribution in [1.29, 1.82) is 0 Å². The van der Waals surface area contributed by atoms with Crippen LogP contribution in [-0.2, 0) is 4.79 Å². The van der Waals surface area contributed by atoms with Crippen LogP contribution in [0.15, 0.2) is 18.2 Å². The summed E-state index contributed by atoms with van der Waals surface area (Å²) in [7, 11) is 0. The second-order valence-corrected chi connectivity index (χ2v) is 5.54. The molecule has 1 aromatic heterocycles. The highest BCUT2D eigenvalue weighted by molar-refractivity contribution is 5.96. The van der Waals surface area contributed by atoms with Crippen LogP contribution < -0.4 is 5.32 Å². The maximum absolute atomic E-state index is 13.0. The van der Waals surface area contributed by atoms with Crippen LogP contribution in [-0.4, -0.2) is 27.5 Å². The summed E-state index contributed by atoms with van der Waals surface area (Å²) < 4.78 is 13.0. The van der Waals surface area contributed by atoms with Crippen LogP contribution >= 0.6 is 0 Å². The van der Waals surface area contributed by atoms with Gasteiger partial charge in [0.15, 0.2) is 0 Å². The number of nitrogens with zero attached hydrogens (tertiary/aromatic N) is 1. The van der Waals surface area contributed by atoms with Crippen LogP contribution in [0.2, 0.25) is 0 Å². The summed E-state index contributed by atoms with van der Waals surface area (Å²) in [5.74, 6) is -1.95. The van der Waals surface area contributed by atoms with Gasteiger partial charge in [-0.05, 0) is 43.7 Å². The Kier molecular flexibility index (Phi) is 4.55. The van der Waals surface area contributed by atoms with Crippen molar-refractivity contribution in [1.82, 2.24) is 10.3 Å². The molecule has 21 heavy (non-hydrogen) atoms. The second-order valence-electron chi connectivity index (χ2n) is 5.54. The Morgan fingerprint density at radius 1 is 1.43 bits per heavy atom. The predicted octanol–water partition coefficient (Wildman–Crippen LogP) is 2.37. The van der Waals surface area contributed by atoms with E-state index in [1.54, 1.807) is 0 Å². The van der Waals surface area contributed by atoms with Crippen LogP contribution in [0.1, 0.15) is 49.5 Å². The Morgan fingerprint density at radius 3 is 2.62 bits per heavy atom. The standard InChI is InChI=1S/C15H19FN2O3/c1-2-10-6-8-15(9-7-10,14(20)21)18-13(19)11-4-3-5-12(16)17-11/h3-5,10H,2,6-9H2,1H3,(H,18,19)(H,20,21). The van der Waals surface area contributed by atoms with E-state index in [2.05, 4.69) is 17.2 Å². The normalized spacial score (nSPS) is 25.3. The van der Waals surface area contributed by atoms with E-state index < -0.39 is 23.4 Å². The number of nitrogens with one attached hydrogen (secondary N) is 1. The van der Waals surface area contributed by atoms with Crippen LogP contribution in [0.4, 0.5) is 4.39 Å². The fraction of sp³-hybridized carbons (Fsp3) is 0.533. The summed E-state index contributed by atoms with van der Waals surface area (Å²) in [6.07, 6.45) is 3.32. The third-order valence-electron chi connectivity index (χ3n) is 4.25. The first kappa shape index (κ1) is 15.4. The predicted molar refractivity (Wildman–Crippen MR) is 74.3 cm³/mol. The Hall–Kier alpha value is -1.98. The number of rotatable bonds is 4. The molecule has 0 saturated heterocycles. The molecule has 2 rings (SSSR count). The number of pyridine rings is 1. The average molecular weight is 294 g/mol. The number of carbonyl (C=O) groups excluding carboxylic acids is 1. The summed E-state index contributed by atoms with van der Waals surface area (Å²) in [5, 5.41) is 12.0. The van der Waals surface area contributed by atoms with Gasteiger partial charge in [-0.2, -0.15) is 4.39 Å². The van der Waals surface area contributed by atoms with Gasteiger partial charge in [0, 0.05) is 0 Å². The molecule has 0 unspecified atom stereocenters. The van der Waals surface area contributed by atoms with Gasteiger partial charge in [0.2, 0.25) is 5.95 Å². The van der Waals surface area contributed by atoms with E-state index in [-0.39, 0.29) is 5.69 Å². The minimum Gasteiger partial charge on any atom is -0.480 e. The Morgan fingerprint density at radius 2 is 2.10 bits per heavy atom. The summed E-state index contributed by atoms with van der Waals surface area (Å²) in [6, 6.07) is 3.88. The largest absolute Gasteiger partial charge is 0.480 e. The van der Waals surface area contributed by atoms with Crippen molar-refractivity contribution in [3.63, 3.8) is 0 Å². The molecule has 1 aliphatic carbocycles. The third kappa shape index (κ3) is 3.37. The van der Waals surface area contributed by atoms with Crippen LogP contribution in [0.25, 0.3) is 0 Å². The molecule has 0 spiro atoms. The van der Waals surface area contributed by atoms with Crippen LogP contribution in [0, 0.1) is 11.9 Å². The van der Waals surface area contributed by atoms with Gasteiger partial charge in [-0.1, -0.05) is 19.4 Å². The van der Waals surface area contributed by atoms with E-state index >= 15 is 0 Å². The summed E-state index contributed by atoms with van der Waals surface area (Å²) in [6.45, 7) is 2.08. The molecule has 0 bridgehead atoms. The van der Waals surface area contributed by atoms with Crippen molar-refractivity contribution in [2.75, 3.05) is 0 Å². The summed E-state index contributed by atoms with van der Waals surface area (Å²) >= 11 is 0. The lowest BCUT2D eigenvalue weighted by molar-refractivity contribution is -0.146. The van der Waals surface area contributed by atoms with Crippen LogP contribution in [0.3, 0.4) is 0 Å². The molecule has 1 amide bonds. The number of hydrogen-bond acceptors (Lipinski definition) is 3. The number of carboxylic acid groups (broad SMARTS) is 1. The Labute approximate surface area is 122 Å². The topological polar surface area (TPSA) is 79.3 Å². The number of aromatic nitrogens is 1. The highest BCUT2D eigenvalue weighted by Gasteiger charge is 2.43. The maximum Gasteiger partial charge on any atom is 0.329 e. The molecular weight excluding hydrogens is 275 g/mol. The highest BCUT2D eigenvalue weighted by Crippen LogP contribution is 2.34. The molecule has 2 N–H and O–H groups in total. The van der Waals surface area contributed by atoms with E-state index in [4.69, 9.17) is 0 Å². The third-order valence-corrected chi connectivity index (χ3v) is 4.25.